The summed E-state index contributed by atoms with van der Waals surface area (Å²) in [4.78, 5) is 16.4. The Bertz CT molecular complexity index is 1300. The van der Waals surface area contributed by atoms with Gasteiger partial charge in [-0.1, -0.05) is 29.8 Å². The highest BCUT2D eigenvalue weighted by atomic mass is 35.5. The number of ketones is 1. The van der Waals surface area contributed by atoms with Gasteiger partial charge in [0.2, 0.25) is 0 Å². The van der Waals surface area contributed by atoms with Gasteiger partial charge in [0.1, 0.15) is 11.4 Å². The number of carbonyl (C=O) groups is 1. The summed E-state index contributed by atoms with van der Waals surface area (Å²) in [7, 11) is 0. The number of halogens is 4. The third kappa shape index (κ3) is 4.96. The topological polar surface area (TPSA) is 60.2 Å². The van der Waals surface area contributed by atoms with Gasteiger partial charge in [0, 0.05) is 30.2 Å². The van der Waals surface area contributed by atoms with Crippen LogP contribution in [0, 0.1) is 6.92 Å². The number of aromatic nitrogens is 4. The molecule has 0 radical (unpaired) electrons. The highest BCUT2D eigenvalue weighted by Gasteiger charge is 2.27. The van der Waals surface area contributed by atoms with Crippen molar-refractivity contribution in [3.8, 4) is 22.5 Å². The molecule has 4 rings (SSSR count). The average Bonchev–Trinajstić information content (AvgIpc) is 3.17. The molecule has 1 aromatic carbocycles. The van der Waals surface area contributed by atoms with Crippen molar-refractivity contribution in [3.05, 3.63) is 71.1 Å². The van der Waals surface area contributed by atoms with E-state index in [0.717, 1.165) is 22.4 Å². The first-order valence-electron chi connectivity index (χ1n) is 9.85. The van der Waals surface area contributed by atoms with Gasteiger partial charge >= 0.3 is 6.18 Å². The predicted octanol–water partition coefficient (Wildman–Crippen LogP) is 5.87. The summed E-state index contributed by atoms with van der Waals surface area (Å²) in [6.07, 6.45) is -2.41. The van der Waals surface area contributed by atoms with Crippen molar-refractivity contribution in [2.75, 3.05) is 0 Å². The van der Waals surface area contributed by atoms with E-state index in [-0.39, 0.29) is 6.42 Å². The maximum absolute atomic E-state index is 12.4. The lowest BCUT2D eigenvalue weighted by molar-refractivity contribution is -0.143. The normalized spacial score (nSPS) is 11.8. The zero-order valence-corrected chi connectivity index (χ0v) is 17.8. The fourth-order valence-electron chi connectivity index (χ4n) is 3.40. The number of hydrogen-bond acceptors (Lipinski definition) is 4. The van der Waals surface area contributed by atoms with E-state index in [0.29, 0.717) is 22.1 Å². The molecule has 5 nitrogen and oxygen atoms in total. The number of nitrogens with zero attached hydrogens (tertiary/aromatic N) is 4. The summed E-state index contributed by atoms with van der Waals surface area (Å²) in [6, 6.07) is 12.8. The molecule has 0 aliphatic rings. The molecule has 0 aliphatic carbocycles. The summed E-state index contributed by atoms with van der Waals surface area (Å²) < 4.78 is 38.9. The molecule has 0 unspecified atom stereocenters. The van der Waals surface area contributed by atoms with Crippen LogP contribution < -0.4 is 0 Å². The van der Waals surface area contributed by atoms with Crippen molar-refractivity contribution >= 4 is 23.0 Å². The largest absolute Gasteiger partial charge is 0.389 e. The minimum Gasteiger partial charge on any atom is -0.300 e. The minimum absolute atomic E-state index is 0.0423. The van der Waals surface area contributed by atoms with Crippen LogP contribution in [0.15, 0.2) is 54.9 Å². The number of hydrogen-bond donors (Lipinski definition) is 0. The fourth-order valence-corrected chi connectivity index (χ4v) is 3.49. The SMILES string of the molecule is Cc1cc(-c2ccn3c(-c4cccc(CC(=O)CCC(F)(F)F)c4)cnc3c2)nnc1Cl. The zero-order valence-electron chi connectivity index (χ0n) is 17.0. The Labute approximate surface area is 186 Å². The van der Waals surface area contributed by atoms with Crippen molar-refractivity contribution in [1.82, 2.24) is 19.6 Å². The molecule has 0 saturated carbocycles. The molecule has 0 aliphatic heterocycles. The Morgan fingerprint density at radius 3 is 2.66 bits per heavy atom. The zero-order chi connectivity index (χ0) is 22.9. The van der Waals surface area contributed by atoms with E-state index in [2.05, 4.69) is 15.2 Å². The Morgan fingerprint density at radius 1 is 1.09 bits per heavy atom. The van der Waals surface area contributed by atoms with Gasteiger partial charge in [0.15, 0.2) is 5.15 Å². The summed E-state index contributed by atoms with van der Waals surface area (Å²) in [5.41, 5.74) is 5.31. The number of alkyl halides is 3. The van der Waals surface area contributed by atoms with E-state index in [1.165, 1.54) is 0 Å². The van der Waals surface area contributed by atoms with E-state index in [9.17, 15) is 18.0 Å². The van der Waals surface area contributed by atoms with Gasteiger partial charge in [-0.15, -0.1) is 10.2 Å². The molecule has 0 amide bonds. The van der Waals surface area contributed by atoms with E-state index in [1.54, 1.807) is 24.4 Å². The molecule has 4 aromatic rings. The van der Waals surface area contributed by atoms with Crippen LogP contribution in [0.2, 0.25) is 5.15 Å². The van der Waals surface area contributed by atoms with Crippen LogP contribution in [-0.4, -0.2) is 31.5 Å². The summed E-state index contributed by atoms with van der Waals surface area (Å²) >= 11 is 5.95. The third-order valence-electron chi connectivity index (χ3n) is 5.04. The number of Topliss-reactive ketones (excluding diaryl/α,β-unsaturated/α-hetero) is 1. The molecule has 0 atom stereocenters. The maximum atomic E-state index is 12.4. The first kappa shape index (κ1) is 22.0. The number of fused-ring (bicyclic) bond motifs is 1. The second-order valence-electron chi connectivity index (χ2n) is 7.52. The Kier molecular flexibility index (Phi) is 5.97. The van der Waals surface area contributed by atoms with Gasteiger partial charge in [-0.25, -0.2) is 4.98 Å². The molecule has 164 valence electrons. The van der Waals surface area contributed by atoms with Crippen molar-refractivity contribution in [3.63, 3.8) is 0 Å². The van der Waals surface area contributed by atoms with Gasteiger partial charge in [0.05, 0.1) is 24.0 Å². The van der Waals surface area contributed by atoms with Crippen molar-refractivity contribution < 1.29 is 18.0 Å². The minimum atomic E-state index is -4.33. The van der Waals surface area contributed by atoms with E-state index in [1.807, 2.05) is 41.8 Å². The third-order valence-corrected chi connectivity index (χ3v) is 5.42. The first-order chi connectivity index (χ1) is 15.2. The number of rotatable bonds is 6. The number of benzene rings is 1. The molecular weight excluding hydrogens is 441 g/mol. The van der Waals surface area contributed by atoms with Crippen LogP contribution >= 0.6 is 11.6 Å². The Hall–Kier alpha value is -3.26. The standard InChI is InChI=1S/C23H18ClF3N4O/c1-14-9-19(29-30-22(14)24)16-6-8-31-20(13-28-21(31)12-16)17-4-2-3-15(10-17)11-18(32)5-7-23(25,26)27/h2-4,6,8-10,12-13H,5,7,11H2,1H3. The Morgan fingerprint density at radius 2 is 1.91 bits per heavy atom. The van der Waals surface area contributed by atoms with Gasteiger partial charge in [-0.3, -0.25) is 9.20 Å². The van der Waals surface area contributed by atoms with Crippen LogP contribution in [0.25, 0.3) is 28.2 Å². The lowest BCUT2D eigenvalue weighted by Crippen LogP contribution is -2.12. The quantitative estimate of drug-likeness (QED) is 0.362. The highest BCUT2D eigenvalue weighted by molar-refractivity contribution is 6.30. The number of pyridine rings is 1. The van der Waals surface area contributed by atoms with E-state index < -0.39 is 24.8 Å². The molecule has 9 heteroatoms. The van der Waals surface area contributed by atoms with Crippen molar-refractivity contribution in [2.24, 2.45) is 0 Å². The molecule has 3 aromatic heterocycles. The van der Waals surface area contributed by atoms with Gasteiger partial charge < -0.3 is 0 Å². The monoisotopic (exact) mass is 458 g/mol. The van der Waals surface area contributed by atoms with Crippen LogP contribution in [0.4, 0.5) is 13.2 Å². The van der Waals surface area contributed by atoms with Crippen LogP contribution in [0.3, 0.4) is 0 Å². The number of carbonyl (C=O) groups excluding carboxylic acids is 1. The van der Waals surface area contributed by atoms with E-state index in [4.69, 9.17) is 11.6 Å². The molecular formula is C23H18ClF3N4O. The highest BCUT2D eigenvalue weighted by Crippen LogP contribution is 2.27. The second-order valence-corrected chi connectivity index (χ2v) is 7.88. The van der Waals surface area contributed by atoms with Gasteiger partial charge in [-0.05, 0) is 42.3 Å². The number of imidazole rings is 1. The molecule has 3 heterocycles. The fraction of sp³-hybridized carbons (Fsp3) is 0.217. The first-order valence-corrected chi connectivity index (χ1v) is 10.2. The summed E-state index contributed by atoms with van der Waals surface area (Å²) in [6.45, 7) is 1.85. The predicted molar refractivity (Wildman–Crippen MR) is 115 cm³/mol. The molecule has 0 spiro atoms. The average molecular weight is 459 g/mol. The lowest BCUT2D eigenvalue weighted by atomic mass is 10.0. The van der Waals surface area contributed by atoms with Crippen LogP contribution in [0.5, 0.6) is 0 Å². The van der Waals surface area contributed by atoms with Crippen molar-refractivity contribution in [2.45, 2.75) is 32.4 Å². The molecule has 0 saturated heterocycles. The van der Waals surface area contributed by atoms with Crippen molar-refractivity contribution in [1.29, 1.82) is 0 Å². The molecule has 0 fully saturated rings. The molecule has 0 bridgehead atoms. The Balaban J connectivity index is 1.58. The molecule has 32 heavy (non-hydrogen) atoms. The van der Waals surface area contributed by atoms with Crippen LogP contribution in [-0.2, 0) is 11.2 Å². The summed E-state index contributed by atoms with van der Waals surface area (Å²) in [5.74, 6) is -0.443. The van der Waals surface area contributed by atoms with Gasteiger partial charge in [0.25, 0.3) is 0 Å². The second kappa shape index (κ2) is 8.70. The van der Waals surface area contributed by atoms with E-state index >= 15 is 0 Å². The maximum Gasteiger partial charge on any atom is 0.389 e. The van der Waals surface area contributed by atoms with Gasteiger partial charge in [-0.2, -0.15) is 13.2 Å². The van der Waals surface area contributed by atoms with Crippen LogP contribution in [0.1, 0.15) is 24.0 Å². The lowest BCUT2D eigenvalue weighted by Gasteiger charge is -2.08. The summed E-state index contributed by atoms with van der Waals surface area (Å²) in [5, 5.41) is 8.43. The smallest absolute Gasteiger partial charge is 0.300 e. The number of aryl methyl sites for hydroxylation is 1. The molecule has 0 N–H and O–H groups in total.